The molecule has 3 fully saturated rings. The SMILES string of the molecule is CCOC(=O)[C@@H]1[C@H]2C(=O)N([C@@H](CC)CO)C(C(=O)Nc3c(C)cccc3C)C23CC(C)[C@@]1(C)O3. The summed E-state index contributed by atoms with van der Waals surface area (Å²) in [6.45, 7) is 11.2. The number of nitrogens with one attached hydrogen (secondary N) is 1. The lowest BCUT2D eigenvalue weighted by atomic mass is 9.62. The molecule has 3 aliphatic heterocycles. The zero-order valence-electron chi connectivity index (χ0n) is 20.9. The molecular weight excluding hydrogens is 436 g/mol. The van der Waals surface area contributed by atoms with Crippen molar-refractivity contribution in [1.29, 1.82) is 0 Å². The number of fused-ring (bicyclic) bond motifs is 1. The van der Waals surface area contributed by atoms with Gasteiger partial charge in [-0.3, -0.25) is 14.4 Å². The summed E-state index contributed by atoms with van der Waals surface area (Å²) in [6.07, 6.45) is 0.939. The van der Waals surface area contributed by atoms with Gasteiger partial charge in [-0.15, -0.1) is 0 Å². The van der Waals surface area contributed by atoms with Crippen LogP contribution < -0.4 is 5.32 Å². The number of carbonyl (C=O) groups is 3. The van der Waals surface area contributed by atoms with E-state index in [0.717, 1.165) is 11.1 Å². The molecule has 8 heteroatoms. The van der Waals surface area contributed by atoms with E-state index in [-0.39, 0.29) is 30.9 Å². The van der Waals surface area contributed by atoms with Crippen LogP contribution in [-0.4, -0.2) is 64.3 Å². The Kier molecular flexibility index (Phi) is 6.27. The Morgan fingerprint density at radius 2 is 1.94 bits per heavy atom. The fourth-order valence-electron chi connectivity index (χ4n) is 6.58. The van der Waals surface area contributed by atoms with Crippen LogP contribution in [0.15, 0.2) is 18.2 Å². The average molecular weight is 473 g/mol. The third-order valence-corrected chi connectivity index (χ3v) is 8.35. The average Bonchev–Trinajstić information content (AvgIpc) is 3.29. The lowest BCUT2D eigenvalue weighted by Crippen LogP contribution is -2.56. The van der Waals surface area contributed by atoms with E-state index in [0.29, 0.717) is 18.5 Å². The summed E-state index contributed by atoms with van der Waals surface area (Å²) in [5.41, 5.74) is 0.455. The second kappa shape index (κ2) is 8.64. The molecule has 1 aromatic rings. The summed E-state index contributed by atoms with van der Waals surface area (Å²) >= 11 is 0. The van der Waals surface area contributed by atoms with Crippen molar-refractivity contribution in [3.63, 3.8) is 0 Å². The summed E-state index contributed by atoms with van der Waals surface area (Å²) in [6, 6.07) is 4.23. The number of rotatable bonds is 7. The number of para-hydroxylation sites is 1. The van der Waals surface area contributed by atoms with Gasteiger partial charge in [-0.25, -0.2) is 0 Å². The number of aryl methyl sites for hydroxylation is 2. The molecule has 3 aliphatic rings. The van der Waals surface area contributed by atoms with E-state index in [2.05, 4.69) is 5.32 Å². The van der Waals surface area contributed by atoms with Gasteiger partial charge in [0.25, 0.3) is 0 Å². The maximum Gasteiger partial charge on any atom is 0.312 e. The minimum Gasteiger partial charge on any atom is -0.466 e. The smallest absolute Gasteiger partial charge is 0.312 e. The van der Waals surface area contributed by atoms with Gasteiger partial charge in [0.05, 0.1) is 30.8 Å². The van der Waals surface area contributed by atoms with Crippen molar-refractivity contribution in [2.75, 3.05) is 18.5 Å². The summed E-state index contributed by atoms with van der Waals surface area (Å²) < 4.78 is 12.0. The minimum absolute atomic E-state index is 0.0596. The Balaban J connectivity index is 1.83. The molecule has 1 aromatic carbocycles. The Bertz CT molecular complexity index is 987. The standard InChI is InChI=1S/C26H36N2O6/c1-7-17(13-29)28-21(22(30)27-20-14(3)10-9-11-15(20)4)26-12-16(5)25(6,34-26)19(18(26)23(28)31)24(32)33-8-2/h9-11,16-19,21,29H,7-8,12-13H2,1-6H3,(H,27,30)/t16?,17-,18-,19-,21?,25+,26?/m0/s1. The fraction of sp³-hybridized carbons (Fsp3) is 0.654. The van der Waals surface area contributed by atoms with Gasteiger partial charge in [-0.05, 0) is 57.6 Å². The Morgan fingerprint density at radius 3 is 2.50 bits per heavy atom. The van der Waals surface area contributed by atoms with Crippen molar-refractivity contribution < 1.29 is 29.0 Å². The summed E-state index contributed by atoms with van der Waals surface area (Å²) in [5.74, 6) is -2.85. The highest BCUT2D eigenvalue weighted by Crippen LogP contribution is 2.65. The summed E-state index contributed by atoms with van der Waals surface area (Å²) in [5, 5.41) is 13.2. The monoisotopic (exact) mass is 472 g/mol. The van der Waals surface area contributed by atoms with E-state index in [1.165, 1.54) is 4.90 Å². The van der Waals surface area contributed by atoms with Crippen LogP contribution in [0.25, 0.3) is 0 Å². The molecule has 7 atom stereocenters. The normalized spacial score (nSPS) is 34.8. The number of likely N-dealkylation sites (tertiary alicyclic amines) is 1. The van der Waals surface area contributed by atoms with E-state index in [4.69, 9.17) is 9.47 Å². The fourth-order valence-corrected chi connectivity index (χ4v) is 6.58. The number of anilines is 1. The second-order valence-corrected chi connectivity index (χ2v) is 10.2. The topological polar surface area (TPSA) is 105 Å². The molecule has 4 rings (SSSR count). The summed E-state index contributed by atoms with van der Waals surface area (Å²) in [7, 11) is 0. The van der Waals surface area contributed by atoms with E-state index in [9.17, 15) is 19.5 Å². The minimum atomic E-state index is -1.16. The number of hydrogen-bond acceptors (Lipinski definition) is 6. The van der Waals surface area contributed by atoms with Crippen LogP contribution in [0.3, 0.4) is 0 Å². The highest BCUT2D eigenvalue weighted by molar-refractivity contribution is 6.04. The van der Waals surface area contributed by atoms with E-state index < -0.39 is 41.1 Å². The third-order valence-electron chi connectivity index (χ3n) is 8.35. The molecule has 3 heterocycles. The van der Waals surface area contributed by atoms with Crippen molar-refractivity contribution in [3.8, 4) is 0 Å². The van der Waals surface area contributed by atoms with Crippen molar-refractivity contribution in [2.45, 2.75) is 77.7 Å². The lowest BCUT2D eigenvalue weighted by Gasteiger charge is -2.36. The summed E-state index contributed by atoms with van der Waals surface area (Å²) in [4.78, 5) is 42.5. The second-order valence-electron chi connectivity index (χ2n) is 10.2. The molecule has 0 aromatic heterocycles. The molecule has 186 valence electrons. The largest absolute Gasteiger partial charge is 0.466 e. The number of ether oxygens (including phenoxy) is 2. The third kappa shape index (κ3) is 3.29. The predicted octanol–water partition coefficient (Wildman–Crippen LogP) is 2.59. The van der Waals surface area contributed by atoms with Crippen LogP contribution in [0.4, 0.5) is 5.69 Å². The molecule has 8 nitrogen and oxygen atoms in total. The van der Waals surface area contributed by atoms with E-state index >= 15 is 0 Å². The number of nitrogens with zero attached hydrogens (tertiary/aromatic N) is 1. The van der Waals surface area contributed by atoms with Crippen molar-refractivity contribution in [2.24, 2.45) is 17.8 Å². The number of carbonyl (C=O) groups excluding carboxylic acids is 3. The van der Waals surface area contributed by atoms with Crippen LogP contribution in [0.2, 0.25) is 0 Å². The van der Waals surface area contributed by atoms with Crippen molar-refractivity contribution in [1.82, 2.24) is 4.90 Å². The quantitative estimate of drug-likeness (QED) is 0.591. The molecule has 34 heavy (non-hydrogen) atoms. The molecule has 2 amide bonds. The molecule has 0 radical (unpaired) electrons. The van der Waals surface area contributed by atoms with Gasteiger partial charge in [0, 0.05) is 5.69 Å². The maximum atomic E-state index is 14.0. The van der Waals surface area contributed by atoms with Gasteiger partial charge in [-0.1, -0.05) is 32.0 Å². The maximum absolute atomic E-state index is 14.0. The molecule has 3 saturated heterocycles. The first-order valence-corrected chi connectivity index (χ1v) is 12.2. The van der Waals surface area contributed by atoms with Gasteiger partial charge in [-0.2, -0.15) is 0 Å². The molecule has 1 spiro atoms. The predicted molar refractivity (Wildman–Crippen MR) is 126 cm³/mol. The molecule has 2 N–H and O–H groups in total. The van der Waals surface area contributed by atoms with Crippen LogP contribution in [-0.2, 0) is 23.9 Å². The number of benzene rings is 1. The van der Waals surface area contributed by atoms with Crippen LogP contribution in [0.1, 0.15) is 51.7 Å². The Morgan fingerprint density at radius 1 is 1.29 bits per heavy atom. The van der Waals surface area contributed by atoms with Crippen LogP contribution in [0.5, 0.6) is 0 Å². The lowest BCUT2D eigenvalue weighted by molar-refractivity contribution is -0.161. The zero-order valence-corrected chi connectivity index (χ0v) is 20.9. The molecule has 0 saturated carbocycles. The number of hydrogen-bond donors (Lipinski definition) is 2. The van der Waals surface area contributed by atoms with Crippen LogP contribution in [0, 0.1) is 31.6 Å². The van der Waals surface area contributed by atoms with Gasteiger partial charge >= 0.3 is 5.97 Å². The first kappa shape index (κ1) is 24.7. The Hall–Kier alpha value is -2.45. The number of aliphatic hydroxyl groups is 1. The molecule has 0 aliphatic carbocycles. The highest BCUT2D eigenvalue weighted by Gasteiger charge is 2.80. The van der Waals surface area contributed by atoms with Gasteiger partial charge < -0.3 is 24.8 Å². The van der Waals surface area contributed by atoms with E-state index in [1.54, 1.807) is 6.92 Å². The molecular formula is C26H36N2O6. The van der Waals surface area contributed by atoms with Gasteiger partial charge in [0.2, 0.25) is 11.8 Å². The number of esters is 1. The zero-order chi connectivity index (χ0) is 25.0. The first-order valence-electron chi connectivity index (χ1n) is 12.2. The molecule has 3 unspecified atom stereocenters. The number of amides is 2. The van der Waals surface area contributed by atoms with Crippen LogP contribution >= 0.6 is 0 Å². The first-order chi connectivity index (χ1) is 16.1. The van der Waals surface area contributed by atoms with E-state index in [1.807, 2.05) is 52.8 Å². The molecule has 2 bridgehead atoms. The number of aliphatic hydroxyl groups excluding tert-OH is 1. The van der Waals surface area contributed by atoms with Gasteiger partial charge in [0.1, 0.15) is 17.6 Å². The highest BCUT2D eigenvalue weighted by atomic mass is 16.6. The van der Waals surface area contributed by atoms with Crippen molar-refractivity contribution in [3.05, 3.63) is 29.3 Å². The van der Waals surface area contributed by atoms with Crippen molar-refractivity contribution >= 4 is 23.5 Å². The Labute approximate surface area is 201 Å². The van der Waals surface area contributed by atoms with Gasteiger partial charge in [0.15, 0.2) is 0 Å².